The molecule has 3 N–H and O–H groups in total. The molecule has 0 rings (SSSR count). The molecule has 0 unspecified atom stereocenters. The maximum absolute atomic E-state index is 9.85. The van der Waals surface area contributed by atoms with Crippen LogP contribution in [0.3, 0.4) is 0 Å². The van der Waals surface area contributed by atoms with Crippen LogP contribution in [0.4, 0.5) is 0 Å². The summed E-state index contributed by atoms with van der Waals surface area (Å²) in [6.07, 6.45) is 10.2. The lowest BCUT2D eigenvalue weighted by Gasteiger charge is -2.24. The van der Waals surface area contributed by atoms with Crippen molar-refractivity contribution in [1.82, 2.24) is 0 Å². The van der Waals surface area contributed by atoms with Crippen LogP contribution in [0.15, 0.2) is 36.0 Å². The first-order chi connectivity index (χ1) is 10.5. The van der Waals surface area contributed by atoms with Gasteiger partial charge in [0.15, 0.2) is 0 Å². The second kappa shape index (κ2) is 10.1. The van der Waals surface area contributed by atoms with Crippen LogP contribution < -0.4 is 0 Å². The zero-order chi connectivity index (χ0) is 18.1. The molecule has 0 radical (unpaired) electrons. The van der Waals surface area contributed by atoms with Crippen molar-refractivity contribution in [2.75, 3.05) is 0 Å². The third kappa shape index (κ3) is 11.3. The maximum Gasteiger partial charge on any atom is 0.0849 e. The number of hydrogen-bond acceptors (Lipinski definition) is 3. The molecule has 0 aliphatic heterocycles. The first-order valence-corrected chi connectivity index (χ1v) is 8.55. The molecular weight excluding hydrogens is 288 g/mol. The first kappa shape index (κ1) is 22.1. The molecule has 0 spiro atoms. The summed E-state index contributed by atoms with van der Waals surface area (Å²) in [5.74, 6) is 0. The molecule has 3 nitrogen and oxygen atoms in total. The Balaban J connectivity index is 4.09. The lowest BCUT2D eigenvalue weighted by atomic mass is 9.95. The highest BCUT2D eigenvalue weighted by atomic mass is 16.3. The SMILES string of the molecule is C=C[C@](C)(O)CC/C=C(\C)CC/C=C(\C)CC[C@@H](O)C(C)(C)O. The first-order valence-electron chi connectivity index (χ1n) is 8.55. The van der Waals surface area contributed by atoms with Gasteiger partial charge in [-0.3, -0.25) is 0 Å². The lowest BCUT2D eigenvalue weighted by Crippen LogP contribution is -2.35. The smallest absolute Gasteiger partial charge is 0.0849 e. The molecule has 0 fully saturated rings. The summed E-state index contributed by atoms with van der Waals surface area (Å²) in [6, 6.07) is 0. The van der Waals surface area contributed by atoms with Crippen molar-refractivity contribution in [3.05, 3.63) is 36.0 Å². The molecule has 0 aliphatic rings. The van der Waals surface area contributed by atoms with Gasteiger partial charge in [0.1, 0.15) is 0 Å². The minimum absolute atomic E-state index is 0.581. The van der Waals surface area contributed by atoms with Gasteiger partial charge in [-0.2, -0.15) is 0 Å². The Labute approximate surface area is 142 Å². The molecule has 0 aromatic heterocycles. The van der Waals surface area contributed by atoms with E-state index in [1.54, 1.807) is 26.8 Å². The van der Waals surface area contributed by atoms with E-state index in [0.717, 1.165) is 25.7 Å². The monoisotopic (exact) mass is 324 g/mol. The van der Waals surface area contributed by atoms with E-state index in [1.807, 2.05) is 0 Å². The van der Waals surface area contributed by atoms with Crippen LogP contribution in [-0.2, 0) is 0 Å². The number of aliphatic hydroxyl groups excluding tert-OH is 1. The quantitative estimate of drug-likeness (QED) is 0.497. The van der Waals surface area contributed by atoms with Crippen molar-refractivity contribution in [2.45, 2.75) is 90.4 Å². The Bertz CT molecular complexity index is 411. The van der Waals surface area contributed by atoms with Crippen LogP contribution in [0.5, 0.6) is 0 Å². The zero-order valence-corrected chi connectivity index (χ0v) is 15.6. The Morgan fingerprint density at radius 1 is 1.00 bits per heavy atom. The second-order valence-electron chi connectivity index (χ2n) is 7.45. The van der Waals surface area contributed by atoms with Gasteiger partial charge in [-0.25, -0.2) is 0 Å². The van der Waals surface area contributed by atoms with Gasteiger partial charge in [-0.15, -0.1) is 6.58 Å². The minimum atomic E-state index is -1.04. The number of hydrogen-bond donors (Lipinski definition) is 3. The van der Waals surface area contributed by atoms with E-state index in [4.69, 9.17) is 0 Å². The number of rotatable bonds is 11. The van der Waals surface area contributed by atoms with Crippen molar-refractivity contribution in [3.8, 4) is 0 Å². The van der Waals surface area contributed by atoms with Gasteiger partial charge in [0.05, 0.1) is 17.3 Å². The summed E-state index contributed by atoms with van der Waals surface area (Å²) in [7, 11) is 0. The van der Waals surface area contributed by atoms with Crippen LogP contribution in [0, 0.1) is 0 Å². The van der Waals surface area contributed by atoms with E-state index in [-0.39, 0.29) is 0 Å². The van der Waals surface area contributed by atoms with Gasteiger partial charge in [-0.05, 0) is 73.1 Å². The van der Waals surface area contributed by atoms with Gasteiger partial charge in [0.2, 0.25) is 0 Å². The molecular formula is C20H36O3. The fourth-order valence-electron chi connectivity index (χ4n) is 2.18. The van der Waals surface area contributed by atoms with Crippen molar-refractivity contribution in [1.29, 1.82) is 0 Å². The molecule has 23 heavy (non-hydrogen) atoms. The molecule has 2 atom stereocenters. The van der Waals surface area contributed by atoms with Crippen LogP contribution >= 0.6 is 0 Å². The molecule has 134 valence electrons. The largest absolute Gasteiger partial charge is 0.390 e. The fourth-order valence-corrected chi connectivity index (χ4v) is 2.18. The molecule has 0 saturated carbocycles. The van der Waals surface area contributed by atoms with Crippen molar-refractivity contribution >= 4 is 0 Å². The van der Waals surface area contributed by atoms with Gasteiger partial charge >= 0.3 is 0 Å². The van der Waals surface area contributed by atoms with Crippen LogP contribution in [-0.4, -0.2) is 32.6 Å². The van der Waals surface area contributed by atoms with E-state index in [9.17, 15) is 15.3 Å². The maximum atomic E-state index is 9.85. The highest BCUT2D eigenvalue weighted by Gasteiger charge is 2.23. The van der Waals surface area contributed by atoms with Crippen molar-refractivity contribution < 1.29 is 15.3 Å². The Morgan fingerprint density at radius 3 is 2.04 bits per heavy atom. The molecule has 0 saturated heterocycles. The van der Waals surface area contributed by atoms with Gasteiger partial charge in [0, 0.05) is 0 Å². The molecule has 0 bridgehead atoms. The predicted molar refractivity (Wildman–Crippen MR) is 98.3 cm³/mol. The minimum Gasteiger partial charge on any atom is -0.390 e. The van der Waals surface area contributed by atoms with E-state index < -0.39 is 17.3 Å². The average molecular weight is 325 g/mol. The molecule has 0 amide bonds. The topological polar surface area (TPSA) is 60.7 Å². The molecule has 0 aliphatic carbocycles. The number of allylic oxidation sites excluding steroid dienone is 4. The van der Waals surface area contributed by atoms with Crippen LogP contribution in [0.1, 0.15) is 73.1 Å². The summed E-state index contributed by atoms with van der Waals surface area (Å²) in [4.78, 5) is 0. The standard InChI is InChI=1S/C20H36O3/c1-7-20(6,23)15-9-12-16(2)10-8-11-17(3)13-14-18(21)19(4,5)22/h7,11-12,18,21-23H,1,8-10,13-15H2,2-6H3/b16-12+,17-11+/t18-,20+/m1/s1. The zero-order valence-electron chi connectivity index (χ0n) is 15.6. The predicted octanol–water partition coefficient (Wildman–Crippen LogP) is 4.29. The average Bonchev–Trinajstić information content (AvgIpc) is 2.43. The second-order valence-corrected chi connectivity index (χ2v) is 7.45. The Kier molecular flexibility index (Phi) is 9.67. The third-order valence-electron chi connectivity index (χ3n) is 4.24. The summed E-state index contributed by atoms with van der Waals surface area (Å²) < 4.78 is 0. The van der Waals surface area contributed by atoms with Gasteiger partial charge < -0.3 is 15.3 Å². The van der Waals surface area contributed by atoms with E-state index in [0.29, 0.717) is 12.8 Å². The highest BCUT2D eigenvalue weighted by Crippen LogP contribution is 2.18. The Hall–Kier alpha value is -0.900. The van der Waals surface area contributed by atoms with Gasteiger partial charge in [0.25, 0.3) is 0 Å². The summed E-state index contributed by atoms with van der Waals surface area (Å²) in [6.45, 7) is 12.9. The van der Waals surface area contributed by atoms with Crippen LogP contribution in [0.25, 0.3) is 0 Å². The lowest BCUT2D eigenvalue weighted by molar-refractivity contribution is -0.0509. The summed E-state index contributed by atoms with van der Waals surface area (Å²) in [5, 5.41) is 29.4. The summed E-state index contributed by atoms with van der Waals surface area (Å²) in [5.41, 5.74) is 0.752. The Morgan fingerprint density at radius 2 is 1.52 bits per heavy atom. The summed E-state index contributed by atoms with van der Waals surface area (Å²) >= 11 is 0. The van der Waals surface area contributed by atoms with Crippen molar-refractivity contribution in [2.24, 2.45) is 0 Å². The van der Waals surface area contributed by atoms with E-state index in [1.165, 1.54) is 11.1 Å². The third-order valence-corrected chi connectivity index (χ3v) is 4.24. The molecule has 3 heteroatoms. The van der Waals surface area contributed by atoms with Crippen molar-refractivity contribution in [3.63, 3.8) is 0 Å². The highest BCUT2D eigenvalue weighted by molar-refractivity contribution is 5.05. The fraction of sp³-hybridized carbons (Fsp3) is 0.700. The molecule has 0 aromatic rings. The van der Waals surface area contributed by atoms with Crippen LogP contribution in [0.2, 0.25) is 0 Å². The molecule has 0 aromatic carbocycles. The van der Waals surface area contributed by atoms with E-state index >= 15 is 0 Å². The van der Waals surface area contributed by atoms with E-state index in [2.05, 4.69) is 32.6 Å². The molecule has 0 heterocycles. The number of aliphatic hydroxyl groups is 3. The van der Waals surface area contributed by atoms with Gasteiger partial charge in [-0.1, -0.05) is 29.4 Å². The normalized spacial score (nSPS) is 17.7.